The average Bonchev–Trinajstić information content (AvgIpc) is 2.40. The van der Waals surface area contributed by atoms with Gasteiger partial charge in [0.2, 0.25) is 0 Å². The third kappa shape index (κ3) is 4.29. The van der Waals surface area contributed by atoms with Gasteiger partial charge in [-0.2, -0.15) is 0 Å². The molecule has 1 aromatic heterocycles. The first-order valence-electron chi connectivity index (χ1n) is 7.30. The Kier molecular flexibility index (Phi) is 5.95. The van der Waals surface area contributed by atoms with E-state index in [9.17, 15) is 5.11 Å². The van der Waals surface area contributed by atoms with E-state index in [1.165, 1.54) is 5.56 Å². The predicted octanol–water partition coefficient (Wildman–Crippen LogP) is 3.23. The molecule has 1 rings (SSSR count). The monoisotopic (exact) mass is 264 g/mol. The van der Waals surface area contributed by atoms with Crippen LogP contribution in [0.15, 0.2) is 18.3 Å². The summed E-state index contributed by atoms with van der Waals surface area (Å²) in [6.07, 6.45) is 3.37. The molecular weight excluding hydrogens is 236 g/mol. The normalized spacial score (nSPS) is 13.8. The zero-order chi connectivity index (χ0) is 14.5. The third-order valence-corrected chi connectivity index (χ3v) is 3.98. The molecule has 0 aliphatic carbocycles. The van der Waals surface area contributed by atoms with Crippen LogP contribution in [-0.2, 0) is 0 Å². The molecule has 1 heterocycles. The summed E-state index contributed by atoms with van der Waals surface area (Å²) < 4.78 is 0. The lowest BCUT2D eigenvalue weighted by atomic mass is 9.93. The van der Waals surface area contributed by atoms with Crippen LogP contribution in [0.5, 0.6) is 0 Å². The maximum atomic E-state index is 10.4. The fourth-order valence-electron chi connectivity index (χ4n) is 2.27. The molecule has 0 aliphatic heterocycles. The van der Waals surface area contributed by atoms with E-state index < -0.39 is 5.60 Å². The van der Waals surface area contributed by atoms with Crippen molar-refractivity contribution in [3.63, 3.8) is 0 Å². The maximum Gasteiger partial charge on any atom is 0.0766 e. The zero-order valence-electron chi connectivity index (χ0n) is 12.9. The molecule has 0 aliphatic rings. The molecule has 3 heteroatoms. The Hall–Kier alpha value is -0.930. The summed E-state index contributed by atoms with van der Waals surface area (Å²) in [6, 6.07) is 4.24. The second-order valence-corrected chi connectivity index (χ2v) is 5.74. The van der Waals surface area contributed by atoms with Crippen molar-refractivity contribution < 1.29 is 5.11 Å². The molecule has 0 saturated carbocycles. The lowest BCUT2D eigenvalue weighted by Gasteiger charge is -2.30. The molecule has 0 aromatic carbocycles. The van der Waals surface area contributed by atoms with Crippen LogP contribution in [0.25, 0.3) is 0 Å². The van der Waals surface area contributed by atoms with Gasteiger partial charge in [0.25, 0.3) is 0 Å². The number of nitrogens with one attached hydrogen (secondary N) is 1. The lowest BCUT2D eigenvalue weighted by Crippen LogP contribution is -2.42. The topological polar surface area (TPSA) is 45.1 Å². The van der Waals surface area contributed by atoms with E-state index in [0.29, 0.717) is 12.5 Å². The van der Waals surface area contributed by atoms with Crippen molar-refractivity contribution in [2.24, 2.45) is 5.92 Å². The summed E-state index contributed by atoms with van der Waals surface area (Å²) in [5, 5.41) is 13.9. The fourth-order valence-corrected chi connectivity index (χ4v) is 2.27. The minimum absolute atomic E-state index is 0.186. The van der Waals surface area contributed by atoms with Crippen LogP contribution >= 0.6 is 0 Å². The number of hydrogen-bond donors (Lipinski definition) is 2. The van der Waals surface area contributed by atoms with Gasteiger partial charge in [0.05, 0.1) is 17.3 Å². The van der Waals surface area contributed by atoms with Gasteiger partial charge < -0.3 is 10.4 Å². The fraction of sp³-hybridized carbons (Fsp3) is 0.688. The van der Waals surface area contributed by atoms with Gasteiger partial charge in [0.1, 0.15) is 0 Å². The number of aryl methyl sites for hydroxylation is 1. The maximum absolute atomic E-state index is 10.4. The summed E-state index contributed by atoms with van der Waals surface area (Å²) in [7, 11) is 0. The minimum Gasteiger partial charge on any atom is -0.389 e. The Morgan fingerprint density at radius 2 is 1.95 bits per heavy atom. The van der Waals surface area contributed by atoms with Gasteiger partial charge in [-0.1, -0.05) is 33.8 Å². The van der Waals surface area contributed by atoms with Crippen molar-refractivity contribution in [1.29, 1.82) is 0 Å². The first-order chi connectivity index (χ1) is 8.93. The van der Waals surface area contributed by atoms with Gasteiger partial charge in [-0.05, 0) is 37.3 Å². The number of aromatic nitrogens is 1. The van der Waals surface area contributed by atoms with Crippen LogP contribution in [0.4, 0.5) is 0 Å². The molecule has 0 spiro atoms. The molecule has 19 heavy (non-hydrogen) atoms. The van der Waals surface area contributed by atoms with Crippen LogP contribution in [0.1, 0.15) is 57.8 Å². The zero-order valence-corrected chi connectivity index (χ0v) is 12.9. The van der Waals surface area contributed by atoms with E-state index in [2.05, 4.69) is 37.1 Å². The SMILES string of the molecule is CCC(O)(CC)CNC(c1ncccc1C)C(C)C. The van der Waals surface area contributed by atoms with E-state index >= 15 is 0 Å². The highest BCUT2D eigenvalue weighted by Gasteiger charge is 2.26. The molecule has 108 valence electrons. The Morgan fingerprint density at radius 1 is 1.32 bits per heavy atom. The van der Waals surface area contributed by atoms with Gasteiger partial charge in [0.15, 0.2) is 0 Å². The highest BCUT2D eigenvalue weighted by molar-refractivity contribution is 5.21. The predicted molar refractivity (Wildman–Crippen MR) is 80.1 cm³/mol. The van der Waals surface area contributed by atoms with E-state index in [4.69, 9.17) is 0 Å². The second kappa shape index (κ2) is 7.01. The molecule has 0 fully saturated rings. The summed E-state index contributed by atoms with van der Waals surface area (Å²) in [5.41, 5.74) is 1.67. The Balaban J connectivity index is 2.83. The Bertz CT molecular complexity index is 386. The van der Waals surface area contributed by atoms with Gasteiger partial charge in [-0.3, -0.25) is 4.98 Å². The highest BCUT2D eigenvalue weighted by Crippen LogP contribution is 2.24. The second-order valence-electron chi connectivity index (χ2n) is 5.74. The first-order valence-corrected chi connectivity index (χ1v) is 7.30. The summed E-state index contributed by atoms with van der Waals surface area (Å²) in [6.45, 7) is 11.1. The van der Waals surface area contributed by atoms with Gasteiger partial charge in [0, 0.05) is 12.7 Å². The average molecular weight is 264 g/mol. The summed E-state index contributed by atoms with van der Waals surface area (Å²) in [5.74, 6) is 0.437. The van der Waals surface area contributed by atoms with Crippen LogP contribution in [-0.4, -0.2) is 22.2 Å². The lowest BCUT2D eigenvalue weighted by molar-refractivity contribution is 0.0281. The molecule has 1 unspecified atom stereocenters. The van der Waals surface area contributed by atoms with E-state index in [0.717, 1.165) is 18.5 Å². The molecule has 3 nitrogen and oxygen atoms in total. The largest absolute Gasteiger partial charge is 0.389 e. The number of rotatable bonds is 7. The Labute approximate surface area is 117 Å². The number of aliphatic hydroxyl groups is 1. The van der Waals surface area contributed by atoms with Crippen LogP contribution in [0.3, 0.4) is 0 Å². The number of pyridine rings is 1. The van der Waals surface area contributed by atoms with Crippen LogP contribution < -0.4 is 5.32 Å². The highest BCUT2D eigenvalue weighted by atomic mass is 16.3. The van der Waals surface area contributed by atoms with Crippen molar-refractivity contribution >= 4 is 0 Å². The molecule has 0 saturated heterocycles. The number of nitrogens with zero attached hydrogens (tertiary/aromatic N) is 1. The molecule has 0 bridgehead atoms. The van der Waals surface area contributed by atoms with Gasteiger partial charge in [-0.25, -0.2) is 0 Å². The third-order valence-electron chi connectivity index (χ3n) is 3.98. The standard InChI is InChI=1S/C16H28N2O/c1-6-16(19,7-2)11-18-14(12(3)4)15-13(5)9-8-10-17-15/h8-10,12,14,18-19H,6-7,11H2,1-5H3. The minimum atomic E-state index is -0.615. The molecule has 2 N–H and O–H groups in total. The van der Waals surface area contributed by atoms with Gasteiger partial charge >= 0.3 is 0 Å². The summed E-state index contributed by atoms with van der Waals surface area (Å²) in [4.78, 5) is 4.51. The van der Waals surface area contributed by atoms with Crippen molar-refractivity contribution in [1.82, 2.24) is 10.3 Å². The van der Waals surface area contributed by atoms with Crippen LogP contribution in [0.2, 0.25) is 0 Å². The van der Waals surface area contributed by atoms with Crippen molar-refractivity contribution in [2.75, 3.05) is 6.54 Å². The Morgan fingerprint density at radius 3 is 2.42 bits per heavy atom. The van der Waals surface area contributed by atoms with E-state index in [1.54, 1.807) is 0 Å². The molecule has 0 amide bonds. The molecule has 1 aromatic rings. The molecule has 0 radical (unpaired) electrons. The van der Waals surface area contributed by atoms with E-state index in [-0.39, 0.29) is 6.04 Å². The summed E-state index contributed by atoms with van der Waals surface area (Å²) >= 11 is 0. The van der Waals surface area contributed by atoms with Gasteiger partial charge in [-0.15, -0.1) is 0 Å². The molecule has 1 atom stereocenters. The first kappa shape index (κ1) is 16.1. The number of hydrogen-bond acceptors (Lipinski definition) is 3. The molecular formula is C16H28N2O. The van der Waals surface area contributed by atoms with E-state index in [1.807, 2.05) is 26.1 Å². The van der Waals surface area contributed by atoms with Crippen molar-refractivity contribution in [3.8, 4) is 0 Å². The quantitative estimate of drug-likeness (QED) is 0.794. The van der Waals surface area contributed by atoms with Crippen LogP contribution in [0, 0.1) is 12.8 Å². The van der Waals surface area contributed by atoms with Crippen molar-refractivity contribution in [2.45, 2.75) is 59.1 Å². The smallest absolute Gasteiger partial charge is 0.0766 e. The van der Waals surface area contributed by atoms with Crippen molar-refractivity contribution in [3.05, 3.63) is 29.6 Å².